The lowest BCUT2D eigenvalue weighted by Crippen LogP contribution is -2.52. The highest BCUT2D eigenvalue weighted by atomic mass is 19.1. The van der Waals surface area contributed by atoms with Crippen molar-refractivity contribution in [2.45, 2.75) is 20.0 Å². The van der Waals surface area contributed by atoms with E-state index in [0.29, 0.717) is 37.6 Å². The summed E-state index contributed by atoms with van der Waals surface area (Å²) in [5, 5.41) is 12.4. The van der Waals surface area contributed by atoms with Crippen LogP contribution < -0.4 is 20.4 Å². The van der Waals surface area contributed by atoms with E-state index >= 15 is 0 Å². The third-order valence-electron chi connectivity index (χ3n) is 4.90. The van der Waals surface area contributed by atoms with Gasteiger partial charge in [-0.1, -0.05) is 0 Å². The van der Waals surface area contributed by atoms with E-state index in [0.717, 1.165) is 0 Å². The second-order valence-corrected chi connectivity index (χ2v) is 7.22. The predicted molar refractivity (Wildman–Crippen MR) is 108 cm³/mol. The Kier molecular flexibility index (Phi) is 6.38. The first-order valence-corrected chi connectivity index (χ1v) is 9.62. The minimum absolute atomic E-state index is 0.0730. The van der Waals surface area contributed by atoms with Gasteiger partial charge in [-0.2, -0.15) is 0 Å². The third-order valence-corrected chi connectivity index (χ3v) is 4.90. The van der Waals surface area contributed by atoms with E-state index < -0.39 is 18.0 Å². The highest BCUT2D eigenvalue weighted by molar-refractivity contribution is 5.94. The van der Waals surface area contributed by atoms with E-state index in [1.807, 2.05) is 4.90 Å². The van der Waals surface area contributed by atoms with Crippen molar-refractivity contribution in [3.63, 3.8) is 0 Å². The number of amidine groups is 1. The second-order valence-electron chi connectivity index (χ2n) is 7.22. The van der Waals surface area contributed by atoms with Crippen LogP contribution in [0.3, 0.4) is 0 Å². The Morgan fingerprint density at radius 1 is 1.23 bits per heavy atom. The fourth-order valence-electron chi connectivity index (χ4n) is 3.41. The number of nitrogens with one attached hydrogen (secondary N) is 3. The number of cyclic esters (lactones) is 1. The first-order valence-electron chi connectivity index (χ1n) is 9.62. The molecule has 2 aliphatic heterocycles. The molecule has 0 aliphatic carbocycles. The Balaban J connectivity index is 1.61. The molecule has 0 radical (unpaired) electrons. The van der Waals surface area contributed by atoms with Crippen LogP contribution in [0, 0.1) is 11.2 Å². The Labute approximate surface area is 173 Å². The van der Waals surface area contributed by atoms with Gasteiger partial charge in [-0.15, -0.1) is 0 Å². The molecule has 4 amide bonds. The molecular weight excluding hydrogens is 395 g/mol. The number of hydrogen-bond acceptors (Lipinski definition) is 6. The number of ether oxygens (including phenoxy) is 1. The zero-order valence-corrected chi connectivity index (χ0v) is 16.9. The molecule has 11 heteroatoms. The van der Waals surface area contributed by atoms with Crippen molar-refractivity contribution < 1.29 is 23.5 Å². The van der Waals surface area contributed by atoms with Crippen molar-refractivity contribution in [3.8, 4) is 0 Å². The lowest BCUT2D eigenvalue weighted by molar-refractivity contribution is -0.119. The molecule has 0 bridgehead atoms. The molecule has 2 aliphatic rings. The number of halogens is 1. The van der Waals surface area contributed by atoms with Gasteiger partial charge >= 0.3 is 12.1 Å². The van der Waals surface area contributed by atoms with Crippen LogP contribution in [0.4, 0.5) is 25.4 Å². The topological polar surface area (TPSA) is 118 Å². The van der Waals surface area contributed by atoms with Crippen LogP contribution in [0.2, 0.25) is 0 Å². The Hall–Kier alpha value is -3.37. The maximum Gasteiger partial charge on any atom is 0.414 e. The molecule has 1 aromatic carbocycles. The Morgan fingerprint density at radius 2 is 1.93 bits per heavy atom. The van der Waals surface area contributed by atoms with E-state index in [4.69, 9.17) is 10.1 Å². The fourth-order valence-corrected chi connectivity index (χ4v) is 3.41. The SMILES string of the molecule is CC(=N)NC(=O)N1CCN(c2ccc(N3C[C@H](CNC(C)=O)OC3=O)cc2F)CC1. The molecule has 0 spiro atoms. The summed E-state index contributed by atoms with van der Waals surface area (Å²) in [6.07, 6.45) is -1.08. The summed E-state index contributed by atoms with van der Waals surface area (Å²) in [7, 11) is 0. The number of anilines is 2. The maximum absolute atomic E-state index is 14.8. The molecule has 3 N–H and O–H groups in total. The summed E-state index contributed by atoms with van der Waals surface area (Å²) >= 11 is 0. The molecule has 10 nitrogen and oxygen atoms in total. The van der Waals surface area contributed by atoms with E-state index in [1.54, 1.807) is 17.0 Å². The normalized spacial score (nSPS) is 18.8. The first kappa shape index (κ1) is 21.3. The van der Waals surface area contributed by atoms with Crippen LogP contribution >= 0.6 is 0 Å². The average Bonchev–Trinajstić information content (AvgIpc) is 3.06. The number of amides is 4. The van der Waals surface area contributed by atoms with Crippen LogP contribution in [-0.2, 0) is 9.53 Å². The van der Waals surface area contributed by atoms with E-state index in [2.05, 4.69) is 10.6 Å². The van der Waals surface area contributed by atoms with Crippen LogP contribution in [-0.4, -0.2) is 74.1 Å². The number of carbonyl (C=O) groups excluding carboxylic acids is 3. The van der Waals surface area contributed by atoms with Gasteiger partial charge in [0.1, 0.15) is 11.9 Å². The van der Waals surface area contributed by atoms with Crippen LogP contribution in [0.1, 0.15) is 13.8 Å². The van der Waals surface area contributed by atoms with Crippen molar-refractivity contribution >= 4 is 35.2 Å². The monoisotopic (exact) mass is 420 g/mol. The number of hydrogen-bond donors (Lipinski definition) is 3. The van der Waals surface area contributed by atoms with Crippen molar-refractivity contribution in [2.24, 2.45) is 0 Å². The molecule has 0 unspecified atom stereocenters. The van der Waals surface area contributed by atoms with Gasteiger partial charge in [0.25, 0.3) is 0 Å². The first-order chi connectivity index (χ1) is 14.2. The number of benzene rings is 1. The Bertz CT molecular complexity index is 855. The van der Waals surface area contributed by atoms with Crippen molar-refractivity contribution in [1.82, 2.24) is 15.5 Å². The molecular formula is C19H25FN6O4. The van der Waals surface area contributed by atoms with Gasteiger partial charge in [-0.3, -0.25) is 20.4 Å². The van der Waals surface area contributed by atoms with Crippen LogP contribution in [0.25, 0.3) is 0 Å². The fraction of sp³-hybridized carbons (Fsp3) is 0.474. The summed E-state index contributed by atoms with van der Waals surface area (Å²) in [4.78, 5) is 39.8. The molecule has 1 atom stereocenters. The quantitative estimate of drug-likeness (QED) is 0.498. The Morgan fingerprint density at radius 3 is 2.53 bits per heavy atom. The standard InChI is InChI=1S/C19H25FN6O4/c1-12(21)23-18(28)25-7-5-24(6-8-25)17-4-3-14(9-16(17)20)26-11-15(30-19(26)29)10-22-13(2)27/h3-4,9,15H,5-8,10-11H2,1-2H3,(H,22,27)(H2,21,23,28)/t15-/m0/s1. The maximum atomic E-state index is 14.8. The van der Waals surface area contributed by atoms with E-state index in [-0.39, 0.29) is 30.9 Å². The molecule has 1 aromatic rings. The second kappa shape index (κ2) is 8.97. The molecule has 162 valence electrons. The predicted octanol–water partition coefficient (Wildman–Crippen LogP) is 1.12. The smallest absolute Gasteiger partial charge is 0.414 e. The van der Waals surface area contributed by atoms with Gasteiger partial charge in [0.2, 0.25) is 5.91 Å². The van der Waals surface area contributed by atoms with Crippen molar-refractivity contribution in [1.29, 1.82) is 5.41 Å². The minimum atomic E-state index is -0.585. The number of piperazine rings is 1. The van der Waals surface area contributed by atoms with Crippen molar-refractivity contribution in [3.05, 3.63) is 24.0 Å². The zero-order valence-electron chi connectivity index (χ0n) is 16.9. The summed E-state index contributed by atoms with van der Waals surface area (Å²) in [5.74, 6) is -0.618. The summed E-state index contributed by atoms with van der Waals surface area (Å²) in [6.45, 7) is 5.00. The molecule has 3 rings (SSSR count). The van der Waals surface area contributed by atoms with Crippen molar-refractivity contribution in [2.75, 3.05) is 49.1 Å². The zero-order chi connectivity index (χ0) is 21.8. The molecule has 2 fully saturated rings. The number of carbonyl (C=O) groups is 3. The van der Waals surface area contributed by atoms with Gasteiger partial charge in [-0.05, 0) is 25.1 Å². The molecule has 2 saturated heterocycles. The highest BCUT2D eigenvalue weighted by Gasteiger charge is 2.33. The third kappa shape index (κ3) is 4.97. The summed E-state index contributed by atoms with van der Waals surface area (Å²) in [6, 6.07) is 4.21. The number of urea groups is 1. The van der Waals surface area contributed by atoms with Gasteiger partial charge < -0.3 is 19.9 Å². The van der Waals surface area contributed by atoms with E-state index in [1.165, 1.54) is 24.8 Å². The summed E-state index contributed by atoms with van der Waals surface area (Å²) in [5.41, 5.74) is 0.774. The highest BCUT2D eigenvalue weighted by Crippen LogP contribution is 2.28. The number of nitrogens with zero attached hydrogens (tertiary/aromatic N) is 3. The van der Waals surface area contributed by atoms with E-state index in [9.17, 15) is 18.8 Å². The largest absolute Gasteiger partial charge is 0.442 e. The van der Waals surface area contributed by atoms with Gasteiger partial charge in [0, 0.05) is 33.1 Å². The minimum Gasteiger partial charge on any atom is -0.442 e. The van der Waals surface area contributed by atoms with Crippen LogP contribution in [0.15, 0.2) is 18.2 Å². The molecule has 0 saturated carbocycles. The summed E-state index contributed by atoms with van der Waals surface area (Å²) < 4.78 is 20.0. The lowest BCUT2D eigenvalue weighted by atomic mass is 10.2. The molecule has 30 heavy (non-hydrogen) atoms. The average molecular weight is 420 g/mol. The van der Waals surface area contributed by atoms with Gasteiger partial charge in [0.15, 0.2) is 0 Å². The molecule has 2 heterocycles. The van der Waals surface area contributed by atoms with Crippen LogP contribution in [0.5, 0.6) is 0 Å². The number of rotatable bonds is 4. The van der Waals surface area contributed by atoms with Gasteiger partial charge in [0.05, 0.1) is 30.3 Å². The molecule has 0 aromatic heterocycles. The lowest BCUT2D eigenvalue weighted by Gasteiger charge is -2.36. The van der Waals surface area contributed by atoms with Gasteiger partial charge in [-0.25, -0.2) is 14.0 Å².